The Morgan fingerprint density at radius 3 is 2.56 bits per heavy atom. The highest BCUT2D eigenvalue weighted by Gasteiger charge is 2.05. The van der Waals surface area contributed by atoms with E-state index in [1.54, 1.807) is 13.3 Å². The summed E-state index contributed by atoms with van der Waals surface area (Å²) in [5.74, 6) is 1.27. The number of ether oxygens (including phenoxy) is 1. The van der Waals surface area contributed by atoms with Crippen LogP contribution in [0.25, 0.3) is 6.08 Å². The molecule has 5 nitrogen and oxygen atoms in total. The largest absolute Gasteiger partial charge is 0.497 e. The van der Waals surface area contributed by atoms with E-state index in [9.17, 15) is 0 Å². The van der Waals surface area contributed by atoms with Gasteiger partial charge in [0.15, 0.2) is 0 Å². The van der Waals surface area contributed by atoms with E-state index in [-0.39, 0.29) is 0 Å². The van der Waals surface area contributed by atoms with Gasteiger partial charge >= 0.3 is 0 Å². The number of hydrogen-bond acceptors (Lipinski definition) is 5. The summed E-state index contributed by atoms with van der Waals surface area (Å²) in [5, 5.41) is 3.43. The lowest BCUT2D eigenvalue weighted by Crippen LogP contribution is -2.10. The highest BCUT2D eigenvalue weighted by atomic mass is 16.5. The van der Waals surface area contributed by atoms with E-state index in [0.29, 0.717) is 5.82 Å². The molecule has 32 heavy (non-hydrogen) atoms. The lowest BCUT2D eigenvalue weighted by molar-refractivity contribution is 0.306. The fraction of sp³-hybridized carbons (Fsp3) is 0.222. The maximum Gasteiger partial charge on any atom is 0.132 e. The molecule has 0 bridgehead atoms. The number of benzene rings is 1. The van der Waals surface area contributed by atoms with E-state index >= 15 is 0 Å². The van der Waals surface area contributed by atoms with Crippen LogP contribution >= 0.6 is 0 Å². The van der Waals surface area contributed by atoms with Crippen LogP contribution in [0.2, 0.25) is 0 Å². The molecular formula is C27H34N4O. The molecule has 0 aliphatic rings. The number of likely N-dealkylation sites (N-methyl/N-ethyl adjacent to an activating group) is 1. The molecule has 1 aromatic heterocycles. The third-order valence-electron chi connectivity index (χ3n) is 4.59. The van der Waals surface area contributed by atoms with Gasteiger partial charge in [-0.05, 0) is 62.8 Å². The lowest BCUT2D eigenvalue weighted by atomic mass is 10.1. The molecule has 0 amide bonds. The molecule has 168 valence electrons. The van der Waals surface area contributed by atoms with Gasteiger partial charge in [-0.3, -0.25) is 0 Å². The number of anilines is 3. The van der Waals surface area contributed by atoms with Crippen molar-refractivity contribution in [2.75, 3.05) is 31.8 Å². The molecule has 2 rings (SSSR count). The first-order valence-corrected chi connectivity index (χ1v) is 10.5. The van der Waals surface area contributed by atoms with Crippen molar-refractivity contribution in [2.24, 2.45) is 0 Å². The standard InChI is InChI=1S/C27H34N4O/c1-20(2)18-24(32-6)8-7-17-31(5)19-22(4)11-14-25-26(15-16-29-27(25)28)30-23-12-9-21(3)10-13-23/h7-16,18-19H,1,17H2,2-6H3,(H3,28,29,30)/b8-7-,14-11+,22-19+,24-18+. The van der Waals surface area contributed by atoms with Gasteiger partial charge in [0.05, 0.1) is 12.8 Å². The molecular weight excluding hydrogens is 396 g/mol. The lowest BCUT2D eigenvalue weighted by Gasteiger charge is -2.13. The van der Waals surface area contributed by atoms with Gasteiger partial charge in [0.25, 0.3) is 0 Å². The van der Waals surface area contributed by atoms with Crippen LogP contribution in [0.4, 0.5) is 17.2 Å². The van der Waals surface area contributed by atoms with Gasteiger partial charge < -0.3 is 20.7 Å². The van der Waals surface area contributed by atoms with Crippen LogP contribution < -0.4 is 11.1 Å². The van der Waals surface area contributed by atoms with E-state index in [2.05, 4.69) is 60.0 Å². The number of aromatic nitrogens is 1. The summed E-state index contributed by atoms with van der Waals surface area (Å²) in [6, 6.07) is 10.2. The Kier molecular flexibility index (Phi) is 9.36. The minimum Gasteiger partial charge on any atom is -0.497 e. The molecule has 0 spiro atoms. The Bertz CT molecular complexity index is 1030. The van der Waals surface area contributed by atoms with Crippen molar-refractivity contribution in [1.29, 1.82) is 0 Å². The molecule has 0 atom stereocenters. The molecule has 1 heterocycles. The molecule has 5 heteroatoms. The second-order valence-corrected chi connectivity index (χ2v) is 7.79. The van der Waals surface area contributed by atoms with Gasteiger partial charge in [0.2, 0.25) is 0 Å². The van der Waals surface area contributed by atoms with Crippen molar-refractivity contribution in [3.8, 4) is 0 Å². The van der Waals surface area contributed by atoms with Crippen LogP contribution in [-0.2, 0) is 4.74 Å². The molecule has 0 unspecified atom stereocenters. The van der Waals surface area contributed by atoms with Crippen molar-refractivity contribution in [2.45, 2.75) is 20.8 Å². The van der Waals surface area contributed by atoms with Crippen molar-refractivity contribution < 1.29 is 4.74 Å². The van der Waals surface area contributed by atoms with Crippen LogP contribution in [0.15, 0.2) is 90.5 Å². The smallest absolute Gasteiger partial charge is 0.132 e. The van der Waals surface area contributed by atoms with Gasteiger partial charge in [0, 0.05) is 37.2 Å². The van der Waals surface area contributed by atoms with Gasteiger partial charge in [-0.15, -0.1) is 0 Å². The molecule has 3 N–H and O–H groups in total. The number of allylic oxidation sites excluding steroid dienone is 5. The second-order valence-electron chi connectivity index (χ2n) is 7.79. The highest BCUT2D eigenvalue weighted by Crippen LogP contribution is 2.26. The predicted octanol–water partition coefficient (Wildman–Crippen LogP) is 6.23. The van der Waals surface area contributed by atoms with E-state index in [4.69, 9.17) is 10.5 Å². The van der Waals surface area contributed by atoms with Crippen molar-refractivity contribution in [1.82, 2.24) is 9.88 Å². The number of hydrogen-bond donors (Lipinski definition) is 2. The second kappa shape index (κ2) is 12.2. The quantitative estimate of drug-likeness (QED) is 0.346. The number of aryl methyl sites for hydroxylation is 1. The van der Waals surface area contributed by atoms with Gasteiger partial charge in [-0.2, -0.15) is 0 Å². The van der Waals surface area contributed by atoms with Crippen LogP contribution in [0.5, 0.6) is 0 Å². The van der Waals surface area contributed by atoms with Crippen molar-refractivity contribution >= 4 is 23.3 Å². The highest BCUT2D eigenvalue weighted by molar-refractivity contribution is 5.78. The number of nitrogens with one attached hydrogen (secondary N) is 1. The van der Waals surface area contributed by atoms with Crippen LogP contribution in [0, 0.1) is 6.92 Å². The third kappa shape index (κ3) is 8.19. The maximum atomic E-state index is 6.16. The first-order valence-electron chi connectivity index (χ1n) is 10.5. The summed E-state index contributed by atoms with van der Waals surface area (Å²) in [7, 11) is 3.68. The van der Waals surface area contributed by atoms with E-state index in [1.165, 1.54) is 5.56 Å². The Balaban J connectivity index is 2.09. The summed E-state index contributed by atoms with van der Waals surface area (Å²) >= 11 is 0. The first kappa shape index (κ1) is 24.5. The summed E-state index contributed by atoms with van der Waals surface area (Å²) < 4.78 is 5.33. The summed E-state index contributed by atoms with van der Waals surface area (Å²) in [6.07, 6.45) is 13.7. The van der Waals surface area contributed by atoms with Crippen LogP contribution in [0.3, 0.4) is 0 Å². The minimum atomic E-state index is 0.485. The summed E-state index contributed by atoms with van der Waals surface area (Å²) in [5.41, 5.74) is 12.2. The Morgan fingerprint density at radius 2 is 1.91 bits per heavy atom. The molecule has 0 saturated carbocycles. The average molecular weight is 431 g/mol. The summed E-state index contributed by atoms with van der Waals surface area (Å²) in [6.45, 7) is 10.7. The van der Waals surface area contributed by atoms with Crippen molar-refractivity contribution in [3.63, 3.8) is 0 Å². The molecule has 0 saturated heterocycles. The number of methoxy groups -OCH3 is 1. The third-order valence-corrected chi connectivity index (χ3v) is 4.59. The van der Waals surface area contributed by atoms with Gasteiger partial charge in [0.1, 0.15) is 11.6 Å². The minimum absolute atomic E-state index is 0.485. The zero-order chi connectivity index (χ0) is 23.5. The zero-order valence-corrected chi connectivity index (χ0v) is 19.7. The van der Waals surface area contributed by atoms with Crippen molar-refractivity contribution in [3.05, 3.63) is 102 Å². The van der Waals surface area contributed by atoms with Gasteiger partial charge in [-0.25, -0.2) is 4.98 Å². The number of nitrogen functional groups attached to an aromatic ring is 1. The fourth-order valence-corrected chi connectivity index (χ4v) is 2.98. The molecule has 2 aromatic rings. The topological polar surface area (TPSA) is 63.4 Å². The molecule has 0 fully saturated rings. The number of nitrogens with two attached hydrogens (primary N) is 1. The Hall–Kier alpha value is -3.73. The number of rotatable bonds is 10. The first-order chi connectivity index (χ1) is 15.3. The molecule has 1 aromatic carbocycles. The molecule has 0 aliphatic carbocycles. The van der Waals surface area contributed by atoms with Crippen LogP contribution in [-0.4, -0.2) is 30.6 Å². The van der Waals surface area contributed by atoms with E-state index in [0.717, 1.165) is 40.4 Å². The Labute approximate surface area is 192 Å². The van der Waals surface area contributed by atoms with E-state index < -0.39 is 0 Å². The average Bonchev–Trinajstić information content (AvgIpc) is 2.74. The normalized spacial score (nSPS) is 12.4. The predicted molar refractivity (Wildman–Crippen MR) is 138 cm³/mol. The zero-order valence-electron chi connectivity index (χ0n) is 19.7. The number of nitrogens with zero attached hydrogens (tertiary/aromatic N) is 2. The van der Waals surface area contributed by atoms with Gasteiger partial charge in [-0.1, -0.05) is 42.0 Å². The fourth-order valence-electron chi connectivity index (χ4n) is 2.98. The monoisotopic (exact) mass is 430 g/mol. The molecule has 0 aliphatic heterocycles. The van der Waals surface area contributed by atoms with Crippen LogP contribution in [0.1, 0.15) is 25.0 Å². The summed E-state index contributed by atoms with van der Waals surface area (Å²) in [4.78, 5) is 6.34. The number of pyridine rings is 1. The maximum absolute atomic E-state index is 6.16. The van der Waals surface area contributed by atoms with E-state index in [1.807, 2.05) is 56.5 Å². The molecule has 0 radical (unpaired) electrons. The SMILES string of the molecule is C=C(C)/C=C(\C=C/CN(C)/C=C(C)/C=C/c1c(Nc2ccc(C)cc2)ccnc1N)OC. The Morgan fingerprint density at radius 1 is 1.19 bits per heavy atom.